The van der Waals surface area contributed by atoms with Crippen LogP contribution in [0.5, 0.6) is 0 Å². The fraction of sp³-hybridized carbons (Fsp3) is 0.533. The number of amides is 1. The smallest absolute Gasteiger partial charge is 0.223 e. The summed E-state index contributed by atoms with van der Waals surface area (Å²) in [7, 11) is 0. The summed E-state index contributed by atoms with van der Waals surface area (Å²) >= 11 is 3.46. The van der Waals surface area contributed by atoms with Crippen molar-refractivity contribution in [1.82, 2.24) is 10.6 Å². The summed E-state index contributed by atoms with van der Waals surface area (Å²) in [4.78, 5) is 12.1. The molecule has 1 aromatic rings. The van der Waals surface area contributed by atoms with E-state index < -0.39 is 0 Å². The maximum absolute atomic E-state index is 12.1. The van der Waals surface area contributed by atoms with Gasteiger partial charge in [-0.2, -0.15) is 0 Å². The number of carbonyl (C=O) groups excluding carboxylic acids is 1. The summed E-state index contributed by atoms with van der Waals surface area (Å²) in [5.74, 6) is 0.205. The number of rotatable bonds is 8. The van der Waals surface area contributed by atoms with Crippen LogP contribution in [0, 0.1) is 5.92 Å². The van der Waals surface area contributed by atoms with E-state index >= 15 is 0 Å². The first-order chi connectivity index (χ1) is 9.17. The van der Waals surface area contributed by atoms with E-state index in [1.165, 1.54) is 5.56 Å². The number of likely N-dealkylation sites (N-methyl/N-ethyl adjacent to an activating group) is 1. The molecule has 1 unspecified atom stereocenters. The molecule has 4 heteroatoms. The Morgan fingerprint density at radius 1 is 1.32 bits per heavy atom. The molecular weight excluding hydrogens is 304 g/mol. The van der Waals surface area contributed by atoms with E-state index in [1.807, 2.05) is 12.1 Å². The van der Waals surface area contributed by atoms with Gasteiger partial charge in [0.2, 0.25) is 5.91 Å². The molecule has 0 aromatic heterocycles. The quantitative estimate of drug-likeness (QED) is 0.721. The molecule has 0 aliphatic rings. The lowest BCUT2D eigenvalue weighted by Crippen LogP contribution is -2.36. The van der Waals surface area contributed by atoms with Crippen molar-refractivity contribution in [2.45, 2.75) is 26.7 Å². The Labute approximate surface area is 124 Å². The number of halogens is 1. The van der Waals surface area contributed by atoms with Crippen molar-refractivity contribution in [2.24, 2.45) is 5.92 Å². The van der Waals surface area contributed by atoms with Gasteiger partial charge in [0.05, 0.1) is 0 Å². The second-order valence-corrected chi connectivity index (χ2v) is 5.50. The molecule has 0 aliphatic carbocycles. The van der Waals surface area contributed by atoms with Crippen LogP contribution in [-0.4, -0.2) is 25.5 Å². The van der Waals surface area contributed by atoms with Crippen molar-refractivity contribution in [2.75, 3.05) is 19.6 Å². The summed E-state index contributed by atoms with van der Waals surface area (Å²) < 4.78 is 1.06. The summed E-state index contributed by atoms with van der Waals surface area (Å²) in [5, 5.41) is 6.19. The minimum Gasteiger partial charge on any atom is -0.355 e. The van der Waals surface area contributed by atoms with Crippen molar-refractivity contribution in [3.05, 3.63) is 34.3 Å². The molecule has 19 heavy (non-hydrogen) atoms. The monoisotopic (exact) mass is 326 g/mol. The second kappa shape index (κ2) is 9.10. The van der Waals surface area contributed by atoms with Crippen LogP contribution in [0.3, 0.4) is 0 Å². The molecule has 1 atom stereocenters. The molecule has 1 rings (SSSR count). The van der Waals surface area contributed by atoms with Gasteiger partial charge in [0.25, 0.3) is 0 Å². The molecule has 1 amide bonds. The third kappa shape index (κ3) is 6.21. The van der Waals surface area contributed by atoms with Crippen molar-refractivity contribution in [3.8, 4) is 0 Å². The van der Waals surface area contributed by atoms with Gasteiger partial charge >= 0.3 is 0 Å². The van der Waals surface area contributed by atoms with Crippen LogP contribution >= 0.6 is 15.9 Å². The highest BCUT2D eigenvalue weighted by molar-refractivity contribution is 9.10. The molecule has 0 spiro atoms. The van der Waals surface area contributed by atoms with Crippen molar-refractivity contribution < 1.29 is 4.79 Å². The van der Waals surface area contributed by atoms with E-state index in [4.69, 9.17) is 0 Å². The molecule has 0 saturated carbocycles. The van der Waals surface area contributed by atoms with Gasteiger partial charge in [-0.3, -0.25) is 4.79 Å². The number of hydrogen-bond acceptors (Lipinski definition) is 2. The normalized spacial score (nSPS) is 12.2. The molecule has 0 saturated heterocycles. The van der Waals surface area contributed by atoms with Gasteiger partial charge in [-0.05, 0) is 37.1 Å². The molecule has 106 valence electrons. The molecule has 2 N–H and O–H groups in total. The van der Waals surface area contributed by atoms with E-state index in [9.17, 15) is 4.79 Å². The number of hydrogen-bond donors (Lipinski definition) is 2. The van der Waals surface area contributed by atoms with Crippen LogP contribution in [0.1, 0.15) is 25.8 Å². The Morgan fingerprint density at radius 2 is 2.11 bits per heavy atom. The zero-order valence-electron chi connectivity index (χ0n) is 11.7. The van der Waals surface area contributed by atoms with Gasteiger partial charge in [0.15, 0.2) is 0 Å². The van der Waals surface area contributed by atoms with Crippen LogP contribution in [0.15, 0.2) is 28.7 Å². The Balaban J connectivity index is 2.46. The minimum atomic E-state index is 0.0518. The molecule has 0 bridgehead atoms. The lowest BCUT2D eigenvalue weighted by atomic mass is 9.96. The Hall–Kier alpha value is -0.870. The number of carbonyl (C=O) groups is 1. The predicted octanol–water partition coefficient (Wildman–Crippen LogP) is 2.74. The molecule has 0 fully saturated rings. The van der Waals surface area contributed by atoms with E-state index in [0.717, 1.165) is 30.4 Å². The number of nitrogens with one attached hydrogen (secondary N) is 2. The average Bonchev–Trinajstić information content (AvgIpc) is 2.41. The van der Waals surface area contributed by atoms with Gasteiger partial charge in [-0.25, -0.2) is 0 Å². The topological polar surface area (TPSA) is 41.1 Å². The summed E-state index contributed by atoms with van der Waals surface area (Å²) in [6.45, 7) is 6.58. The predicted molar refractivity (Wildman–Crippen MR) is 83.2 cm³/mol. The van der Waals surface area contributed by atoms with Crippen LogP contribution in [0.25, 0.3) is 0 Å². The maximum Gasteiger partial charge on any atom is 0.223 e. The fourth-order valence-electron chi connectivity index (χ4n) is 1.97. The highest BCUT2D eigenvalue weighted by atomic mass is 79.9. The van der Waals surface area contributed by atoms with Crippen LogP contribution in [0.4, 0.5) is 0 Å². The van der Waals surface area contributed by atoms with Gasteiger partial charge in [0, 0.05) is 23.5 Å². The molecular formula is C15H23BrN2O. The lowest BCUT2D eigenvalue weighted by molar-refractivity contribution is -0.125. The Morgan fingerprint density at radius 3 is 2.74 bits per heavy atom. The molecule has 3 nitrogen and oxygen atoms in total. The van der Waals surface area contributed by atoms with Crippen molar-refractivity contribution in [3.63, 3.8) is 0 Å². The van der Waals surface area contributed by atoms with Crippen LogP contribution in [-0.2, 0) is 11.2 Å². The van der Waals surface area contributed by atoms with Gasteiger partial charge in [-0.1, -0.05) is 41.9 Å². The third-order valence-corrected chi connectivity index (χ3v) is 3.58. The van der Waals surface area contributed by atoms with E-state index in [-0.39, 0.29) is 11.8 Å². The van der Waals surface area contributed by atoms with Gasteiger partial charge < -0.3 is 10.6 Å². The Kier molecular flexibility index (Phi) is 7.75. The van der Waals surface area contributed by atoms with E-state index in [0.29, 0.717) is 6.54 Å². The highest BCUT2D eigenvalue weighted by Gasteiger charge is 2.16. The van der Waals surface area contributed by atoms with E-state index in [2.05, 4.69) is 52.5 Å². The lowest BCUT2D eigenvalue weighted by Gasteiger charge is -2.15. The first kappa shape index (κ1) is 16.2. The standard InChI is InChI=1S/C15H23BrN2O/c1-3-13(15(19)18-9-8-17-4-2)10-12-6-5-7-14(16)11-12/h5-7,11,13,17H,3-4,8-10H2,1-2H3,(H,18,19). The first-order valence-corrected chi connectivity index (χ1v) is 7.69. The SMILES string of the molecule is CCNCCNC(=O)C(CC)Cc1cccc(Br)c1. The minimum absolute atomic E-state index is 0.0518. The van der Waals surface area contributed by atoms with Crippen LogP contribution in [0.2, 0.25) is 0 Å². The van der Waals surface area contributed by atoms with Crippen molar-refractivity contribution >= 4 is 21.8 Å². The Bertz CT molecular complexity index is 395. The first-order valence-electron chi connectivity index (χ1n) is 6.90. The average molecular weight is 327 g/mol. The fourth-order valence-corrected chi connectivity index (χ4v) is 2.41. The van der Waals surface area contributed by atoms with Crippen molar-refractivity contribution in [1.29, 1.82) is 0 Å². The zero-order chi connectivity index (χ0) is 14.1. The molecule has 0 aliphatic heterocycles. The largest absolute Gasteiger partial charge is 0.355 e. The molecule has 0 radical (unpaired) electrons. The second-order valence-electron chi connectivity index (χ2n) is 4.58. The molecule has 0 heterocycles. The summed E-state index contributed by atoms with van der Waals surface area (Å²) in [6, 6.07) is 8.16. The van der Waals surface area contributed by atoms with Gasteiger partial charge in [-0.15, -0.1) is 0 Å². The number of benzene rings is 1. The zero-order valence-corrected chi connectivity index (χ0v) is 13.3. The van der Waals surface area contributed by atoms with Crippen LogP contribution < -0.4 is 10.6 Å². The third-order valence-electron chi connectivity index (χ3n) is 3.09. The summed E-state index contributed by atoms with van der Waals surface area (Å²) in [5.41, 5.74) is 1.20. The highest BCUT2D eigenvalue weighted by Crippen LogP contribution is 2.17. The molecule has 1 aromatic carbocycles. The maximum atomic E-state index is 12.1. The summed E-state index contributed by atoms with van der Waals surface area (Å²) in [6.07, 6.45) is 1.66. The van der Waals surface area contributed by atoms with Gasteiger partial charge in [0.1, 0.15) is 0 Å². The van der Waals surface area contributed by atoms with E-state index in [1.54, 1.807) is 0 Å².